The molecule has 0 amide bonds. The van der Waals surface area contributed by atoms with Crippen LogP contribution in [-0.2, 0) is 4.74 Å². The molecule has 1 atom stereocenters. The van der Waals surface area contributed by atoms with Gasteiger partial charge in [-0.3, -0.25) is 5.41 Å². The van der Waals surface area contributed by atoms with Crippen molar-refractivity contribution in [2.75, 3.05) is 31.7 Å². The maximum Gasteiger partial charge on any atom is 0.124 e. The molecule has 0 aliphatic carbocycles. The fourth-order valence-electron chi connectivity index (χ4n) is 2.62. The van der Waals surface area contributed by atoms with Crippen LogP contribution in [0.3, 0.4) is 0 Å². The average Bonchev–Trinajstić information content (AvgIpc) is 2.39. The molecule has 1 aromatic rings. The van der Waals surface area contributed by atoms with Gasteiger partial charge in [0, 0.05) is 31.5 Å². The van der Waals surface area contributed by atoms with E-state index >= 15 is 0 Å². The first-order valence-electron chi connectivity index (χ1n) is 6.82. The Labute approximate surface area is 115 Å². The van der Waals surface area contributed by atoms with E-state index in [4.69, 9.17) is 15.9 Å². The second kappa shape index (κ2) is 6.06. The number of hydrogen-bond acceptors (Lipinski definition) is 3. The lowest BCUT2D eigenvalue weighted by Crippen LogP contribution is -2.32. The molecule has 4 nitrogen and oxygen atoms in total. The van der Waals surface area contributed by atoms with E-state index in [1.54, 1.807) is 0 Å². The van der Waals surface area contributed by atoms with Gasteiger partial charge >= 0.3 is 0 Å². The molecule has 104 valence electrons. The number of benzene rings is 1. The number of nitrogens with two attached hydrogens (primary N) is 1. The first-order chi connectivity index (χ1) is 9.08. The molecule has 0 radical (unpaired) electrons. The minimum Gasteiger partial charge on any atom is -0.384 e. The Balaban J connectivity index is 2.14. The minimum atomic E-state index is 0.127. The molecule has 3 N–H and O–H groups in total. The highest BCUT2D eigenvalue weighted by Gasteiger charge is 2.18. The molecule has 1 aromatic carbocycles. The van der Waals surface area contributed by atoms with E-state index in [0.29, 0.717) is 5.92 Å². The molecule has 0 bridgehead atoms. The number of anilines is 1. The lowest BCUT2D eigenvalue weighted by Gasteiger charge is -2.29. The third-order valence-electron chi connectivity index (χ3n) is 3.64. The molecule has 1 fully saturated rings. The third-order valence-corrected chi connectivity index (χ3v) is 3.64. The smallest absolute Gasteiger partial charge is 0.124 e. The van der Waals surface area contributed by atoms with Crippen molar-refractivity contribution in [3.8, 4) is 0 Å². The lowest BCUT2D eigenvalue weighted by molar-refractivity contribution is 0.0576. The second-order valence-electron chi connectivity index (χ2n) is 5.40. The Kier molecular flexibility index (Phi) is 4.43. The number of hydrogen-bond donors (Lipinski definition) is 2. The van der Waals surface area contributed by atoms with Gasteiger partial charge in [0.15, 0.2) is 0 Å². The van der Waals surface area contributed by atoms with Crippen molar-refractivity contribution in [2.45, 2.75) is 19.8 Å². The molecule has 1 aliphatic heterocycles. The predicted molar refractivity (Wildman–Crippen MR) is 79.0 cm³/mol. The summed E-state index contributed by atoms with van der Waals surface area (Å²) in [5, 5.41) is 7.69. The van der Waals surface area contributed by atoms with Crippen LogP contribution < -0.4 is 10.6 Å². The number of nitrogens with one attached hydrogen (secondary N) is 1. The van der Waals surface area contributed by atoms with Crippen molar-refractivity contribution in [2.24, 2.45) is 11.7 Å². The maximum absolute atomic E-state index is 7.69. The fourth-order valence-corrected chi connectivity index (χ4v) is 2.62. The Morgan fingerprint density at radius 3 is 2.95 bits per heavy atom. The van der Waals surface area contributed by atoms with E-state index in [-0.39, 0.29) is 5.84 Å². The van der Waals surface area contributed by atoms with Crippen LogP contribution in [0.2, 0.25) is 0 Å². The molecule has 1 saturated heterocycles. The zero-order chi connectivity index (χ0) is 13.8. The summed E-state index contributed by atoms with van der Waals surface area (Å²) < 4.78 is 5.53. The van der Waals surface area contributed by atoms with Crippen molar-refractivity contribution in [1.29, 1.82) is 5.41 Å². The predicted octanol–water partition coefficient (Wildman–Crippen LogP) is 2.14. The monoisotopic (exact) mass is 261 g/mol. The molecule has 2 rings (SSSR count). The van der Waals surface area contributed by atoms with Crippen LogP contribution in [0.1, 0.15) is 24.0 Å². The first-order valence-corrected chi connectivity index (χ1v) is 6.82. The molecule has 1 aliphatic rings. The molecule has 0 saturated carbocycles. The van der Waals surface area contributed by atoms with Gasteiger partial charge < -0.3 is 15.4 Å². The lowest BCUT2D eigenvalue weighted by atomic mass is 10.0. The summed E-state index contributed by atoms with van der Waals surface area (Å²) in [6.45, 7) is 4.74. The van der Waals surface area contributed by atoms with Gasteiger partial charge in [0.2, 0.25) is 0 Å². The van der Waals surface area contributed by atoms with Gasteiger partial charge in [0.05, 0.1) is 6.61 Å². The van der Waals surface area contributed by atoms with Crippen LogP contribution >= 0.6 is 0 Å². The standard InChI is InChI=1S/C15H23N3O/c1-11-5-6-13(15(16)17)14(8-11)18(2)9-12-4-3-7-19-10-12/h5-6,8,12H,3-4,7,9-10H2,1-2H3,(H3,16,17). The SMILES string of the molecule is Cc1ccc(C(=N)N)c(N(C)CC2CCCOC2)c1. The van der Waals surface area contributed by atoms with Crippen molar-refractivity contribution in [3.63, 3.8) is 0 Å². The highest BCUT2D eigenvalue weighted by atomic mass is 16.5. The quantitative estimate of drug-likeness (QED) is 0.645. The van der Waals surface area contributed by atoms with Crippen LogP contribution in [0, 0.1) is 18.3 Å². The van der Waals surface area contributed by atoms with E-state index in [1.807, 2.05) is 12.1 Å². The number of amidine groups is 1. The third kappa shape index (κ3) is 3.47. The summed E-state index contributed by atoms with van der Waals surface area (Å²) in [5.41, 5.74) is 8.70. The molecule has 1 heterocycles. The first kappa shape index (κ1) is 13.9. The molecular weight excluding hydrogens is 238 g/mol. The van der Waals surface area contributed by atoms with Gasteiger partial charge in [0.1, 0.15) is 5.84 Å². The van der Waals surface area contributed by atoms with E-state index in [9.17, 15) is 0 Å². The zero-order valence-corrected chi connectivity index (χ0v) is 11.8. The number of ether oxygens (including phenoxy) is 1. The van der Waals surface area contributed by atoms with Gasteiger partial charge in [-0.1, -0.05) is 6.07 Å². The van der Waals surface area contributed by atoms with E-state index < -0.39 is 0 Å². The Bertz CT molecular complexity index is 453. The van der Waals surface area contributed by atoms with Gasteiger partial charge in [-0.2, -0.15) is 0 Å². The molecule has 4 heteroatoms. The van der Waals surface area contributed by atoms with E-state index in [2.05, 4.69) is 24.9 Å². The molecule has 0 aromatic heterocycles. The highest BCUT2D eigenvalue weighted by Crippen LogP contribution is 2.23. The second-order valence-corrected chi connectivity index (χ2v) is 5.40. The summed E-state index contributed by atoms with van der Waals surface area (Å²) in [6, 6.07) is 6.03. The Hall–Kier alpha value is -1.55. The minimum absolute atomic E-state index is 0.127. The number of aryl methyl sites for hydroxylation is 1. The van der Waals surface area contributed by atoms with Crippen LogP contribution in [0.25, 0.3) is 0 Å². The fraction of sp³-hybridized carbons (Fsp3) is 0.533. The van der Waals surface area contributed by atoms with Gasteiger partial charge in [-0.25, -0.2) is 0 Å². The molecule has 1 unspecified atom stereocenters. The molecular formula is C15H23N3O. The van der Waals surface area contributed by atoms with Crippen LogP contribution in [0.4, 0.5) is 5.69 Å². The summed E-state index contributed by atoms with van der Waals surface area (Å²) >= 11 is 0. The largest absolute Gasteiger partial charge is 0.384 e. The Morgan fingerprint density at radius 2 is 2.32 bits per heavy atom. The van der Waals surface area contributed by atoms with Crippen LogP contribution in [0.5, 0.6) is 0 Å². The molecule has 19 heavy (non-hydrogen) atoms. The summed E-state index contributed by atoms with van der Waals surface area (Å²) in [5.74, 6) is 0.695. The van der Waals surface area contributed by atoms with E-state index in [0.717, 1.165) is 37.4 Å². The van der Waals surface area contributed by atoms with Crippen molar-refractivity contribution in [3.05, 3.63) is 29.3 Å². The van der Waals surface area contributed by atoms with Crippen LogP contribution in [-0.4, -0.2) is 32.6 Å². The topological polar surface area (TPSA) is 62.3 Å². The highest BCUT2D eigenvalue weighted by molar-refractivity contribution is 6.00. The maximum atomic E-state index is 7.69. The summed E-state index contributed by atoms with van der Waals surface area (Å²) in [7, 11) is 2.07. The van der Waals surface area contributed by atoms with Gasteiger partial charge in [-0.05, 0) is 43.4 Å². The number of rotatable bonds is 4. The van der Waals surface area contributed by atoms with Crippen molar-refractivity contribution >= 4 is 11.5 Å². The normalized spacial score (nSPS) is 19.2. The average molecular weight is 261 g/mol. The van der Waals surface area contributed by atoms with Gasteiger partial charge in [0.25, 0.3) is 0 Å². The van der Waals surface area contributed by atoms with Crippen molar-refractivity contribution < 1.29 is 4.74 Å². The van der Waals surface area contributed by atoms with Crippen molar-refractivity contribution in [1.82, 2.24) is 0 Å². The summed E-state index contributed by atoms with van der Waals surface area (Å²) in [6.07, 6.45) is 2.36. The zero-order valence-electron chi connectivity index (χ0n) is 11.8. The Morgan fingerprint density at radius 1 is 1.53 bits per heavy atom. The van der Waals surface area contributed by atoms with E-state index in [1.165, 1.54) is 12.0 Å². The van der Waals surface area contributed by atoms with Gasteiger partial charge in [-0.15, -0.1) is 0 Å². The molecule has 0 spiro atoms. The number of nitrogens with zero attached hydrogens (tertiary/aromatic N) is 1. The van der Waals surface area contributed by atoms with Crippen LogP contribution in [0.15, 0.2) is 18.2 Å². The summed E-state index contributed by atoms with van der Waals surface area (Å²) in [4.78, 5) is 2.20. The number of nitrogen functional groups attached to an aromatic ring is 1.